The van der Waals surface area contributed by atoms with E-state index in [1.807, 2.05) is 7.05 Å². The van der Waals surface area contributed by atoms with Gasteiger partial charge in [0.25, 0.3) is 0 Å². The summed E-state index contributed by atoms with van der Waals surface area (Å²) in [6.45, 7) is 6.66. The molecule has 0 aliphatic heterocycles. The van der Waals surface area contributed by atoms with Crippen LogP contribution in [0.1, 0.15) is 103 Å². The topological polar surface area (TPSA) is 20.3 Å². The second-order valence-corrected chi connectivity index (χ2v) is 6.91. The monoisotopic (exact) mass is 323 g/mol. The summed E-state index contributed by atoms with van der Waals surface area (Å²) in [6, 6.07) is 0. The molecule has 2 nitrogen and oxygen atoms in total. The summed E-state index contributed by atoms with van der Waals surface area (Å²) in [7, 11) is 1.85. The molecule has 0 aromatic carbocycles. The SMILES string of the molecule is C=CC(=O)N(C)CCCCCCCCCCCCCCCCC. The summed E-state index contributed by atoms with van der Waals surface area (Å²) in [4.78, 5) is 13.1. The van der Waals surface area contributed by atoms with Crippen LogP contribution in [-0.2, 0) is 4.79 Å². The number of amides is 1. The van der Waals surface area contributed by atoms with Gasteiger partial charge in [0.2, 0.25) is 5.91 Å². The maximum absolute atomic E-state index is 11.3. The van der Waals surface area contributed by atoms with Crippen LogP contribution in [0.2, 0.25) is 0 Å². The van der Waals surface area contributed by atoms with Gasteiger partial charge in [-0.25, -0.2) is 0 Å². The first kappa shape index (κ1) is 22.2. The van der Waals surface area contributed by atoms with Gasteiger partial charge in [-0.3, -0.25) is 4.79 Å². The van der Waals surface area contributed by atoms with Crippen LogP contribution >= 0.6 is 0 Å². The number of unbranched alkanes of at least 4 members (excludes halogenated alkanes) is 14. The van der Waals surface area contributed by atoms with Gasteiger partial charge in [0.15, 0.2) is 0 Å². The number of carbonyl (C=O) groups excluding carboxylic acids is 1. The lowest BCUT2D eigenvalue weighted by molar-refractivity contribution is -0.124. The van der Waals surface area contributed by atoms with Crippen LogP contribution in [-0.4, -0.2) is 24.4 Å². The van der Waals surface area contributed by atoms with Crippen molar-refractivity contribution >= 4 is 5.91 Å². The molecule has 0 unspecified atom stereocenters. The van der Waals surface area contributed by atoms with Crippen LogP contribution < -0.4 is 0 Å². The minimum absolute atomic E-state index is 0.0374. The molecule has 0 spiro atoms. The Morgan fingerprint density at radius 2 is 1.09 bits per heavy atom. The lowest BCUT2D eigenvalue weighted by Crippen LogP contribution is -2.25. The molecule has 0 rings (SSSR count). The summed E-state index contributed by atoms with van der Waals surface area (Å²) < 4.78 is 0. The number of hydrogen-bond donors (Lipinski definition) is 0. The number of carbonyl (C=O) groups is 1. The second kappa shape index (κ2) is 17.6. The average Bonchev–Trinajstić information content (AvgIpc) is 2.57. The molecule has 0 radical (unpaired) electrons. The Hall–Kier alpha value is -0.790. The van der Waals surface area contributed by atoms with Gasteiger partial charge in [0.1, 0.15) is 0 Å². The molecule has 0 bridgehead atoms. The normalized spacial score (nSPS) is 10.7. The Labute approximate surface area is 145 Å². The predicted molar refractivity (Wildman–Crippen MR) is 103 cm³/mol. The molecule has 2 heteroatoms. The van der Waals surface area contributed by atoms with Crippen LogP contribution in [0.15, 0.2) is 12.7 Å². The molecular weight excluding hydrogens is 282 g/mol. The van der Waals surface area contributed by atoms with E-state index in [9.17, 15) is 4.79 Å². The zero-order chi connectivity index (χ0) is 17.2. The Balaban J connectivity index is 3.11. The second-order valence-electron chi connectivity index (χ2n) is 6.91. The minimum atomic E-state index is 0.0374. The fourth-order valence-electron chi connectivity index (χ4n) is 2.99. The number of rotatable bonds is 17. The summed E-state index contributed by atoms with van der Waals surface area (Å²) in [5, 5.41) is 0. The molecule has 0 fully saturated rings. The van der Waals surface area contributed by atoms with Crippen LogP contribution in [0.3, 0.4) is 0 Å². The van der Waals surface area contributed by atoms with Crippen molar-refractivity contribution in [1.82, 2.24) is 4.90 Å². The third-order valence-corrected chi connectivity index (χ3v) is 4.65. The van der Waals surface area contributed by atoms with E-state index in [0.717, 1.165) is 13.0 Å². The van der Waals surface area contributed by atoms with Gasteiger partial charge in [0, 0.05) is 13.6 Å². The maximum Gasteiger partial charge on any atom is 0.245 e. The fraction of sp³-hybridized carbons (Fsp3) is 0.857. The molecule has 0 saturated heterocycles. The van der Waals surface area contributed by atoms with Gasteiger partial charge < -0.3 is 4.90 Å². The molecule has 0 heterocycles. The summed E-state index contributed by atoms with van der Waals surface area (Å²) in [6.07, 6.45) is 22.1. The van der Waals surface area contributed by atoms with Crippen LogP contribution in [0, 0.1) is 0 Å². The Kier molecular flexibility index (Phi) is 17.0. The summed E-state index contributed by atoms with van der Waals surface area (Å²) >= 11 is 0. The molecule has 1 amide bonds. The lowest BCUT2D eigenvalue weighted by atomic mass is 10.0. The van der Waals surface area contributed by atoms with Crippen molar-refractivity contribution in [3.05, 3.63) is 12.7 Å². The highest BCUT2D eigenvalue weighted by atomic mass is 16.2. The first-order valence-electron chi connectivity index (χ1n) is 10.1. The molecule has 0 aromatic rings. The van der Waals surface area contributed by atoms with Gasteiger partial charge in [-0.05, 0) is 12.5 Å². The van der Waals surface area contributed by atoms with Gasteiger partial charge in [0.05, 0.1) is 0 Å². The Bertz CT molecular complexity index is 275. The van der Waals surface area contributed by atoms with Crippen molar-refractivity contribution in [3.63, 3.8) is 0 Å². The van der Waals surface area contributed by atoms with Crippen molar-refractivity contribution in [2.75, 3.05) is 13.6 Å². The van der Waals surface area contributed by atoms with Crippen molar-refractivity contribution in [2.24, 2.45) is 0 Å². The largest absolute Gasteiger partial charge is 0.342 e. The highest BCUT2D eigenvalue weighted by Gasteiger charge is 2.02. The third-order valence-electron chi connectivity index (χ3n) is 4.65. The van der Waals surface area contributed by atoms with Gasteiger partial charge in [-0.2, -0.15) is 0 Å². The smallest absolute Gasteiger partial charge is 0.245 e. The van der Waals surface area contributed by atoms with E-state index in [1.54, 1.807) is 4.90 Å². The first-order valence-corrected chi connectivity index (χ1v) is 10.1. The van der Waals surface area contributed by atoms with E-state index < -0.39 is 0 Å². The van der Waals surface area contributed by atoms with E-state index in [1.165, 1.54) is 96.0 Å². The quantitative estimate of drug-likeness (QED) is 0.221. The zero-order valence-corrected chi connectivity index (χ0v) is 16.0. The molecule has 136 valence electrons. The molecule has 23 heavy (non-hydrogen) atoms. The zero-order valence-electron chi connectivity index (χ0n) is 16.0. The van der Waals surface area contributed by atoms with Crippen molar-refractivity contribution in [1.29, 1.82) is 0 Å². The van der Waals surface area contributed by atoms with Crippen molar-refractivity contribution < 1.29 is 4.79 Å². The number of likely N-dealkylation sites (N-methyl/N-ethyl adjacent to an activating group) is 1. The minimum Gasteiger partial charge on any atom is -0.342 e. The van der Waals surface area contributed by atoms with E-state index in [4.69, 9.17) is 0 Å². The highest BCUT2D eigenvalue weighted by molar-refractivity contribution is 5.86. The maximum atomic E-state index is 11.3. The summed E-state index contributed by atoms with van der Waals surface area (Å²) in [5.74, 6) is 0.0374. The Morgan fingerprint density at radius 1 is 0.739 bits per heavy atom. The van der Waals surface area contributed by atoms with E-state index in [2.05, 4.69) is 13.5 Å². The van der Waals surface area contributed by atoms with Gasteiger partial charge in [-0.1, -0.05) is 103 Å². The molecule has 0 aliphatic rings. The Morgan fingerprint density at radius 3 is 1.43 bits per heavy atom. The molecule has 0 N–H and O–H groups in total. The van der Waals surface area contributed by atoms with Gasteiger partial charge >= 0.3 is 0 Å². The molecular formula is C21H41NO. The van der Waals surface area contributed by atoms with Gasteiger partial charge in [-0.15, -0.1) is 0 Å². The average molecular weight is 324 g/mol. The number of nitrogens with zero attached hydrogens (tertiary/aromatic N) is 1. The van der Waals surface area contributed by atoms with Crippen molar-refractivity contribution in [2.45, 2.75) is 103 Å². The lowest BCUT2D eigenvalue weighted by Gasteiger charge is -2.14. The van der Waals surface area contributed by atoms with Crippen LogP contribution in [0.4, 0.5) is 0 Å². The molecule has 0 atom stereocenters. The highest BCUT2D eigenvalue weighted by Crippen LogP contribution is 2.13. The molecule has 0 aromatic heterocycles. The molecule has 0 aliphatic carbocycles. The third kappa shape index (κ3) is 15.9. The standard InChI is InChI=1S/C21H41NO/c1-4-6-7-8-9-10-11-12-13-14-15-16-17-18-19-20-22(3)21(23)5-2/h5H,2,4,6-20H2,1,3H3. The predicted octanol–water partition coefficient (Wildman–Crippen LogP) is 6.50. The van der Waals surface area contributed by atoms with Crippen molar-refractivity contribution in [3.8, 4) is 0 Å². The van der Waals surface area contributed by atoms with Crippen LogP contribution in [0.5, 0.6) is 0 Å². The van der Waals surface area contributed by atoms with Crippen LogP contribution in [0.25, 0.3) is 0 Å². The fourth-order valence-corrected chi connectivity index (χ4v) is 2.99. The first-order chi connectivity index (χ1) is 11.2. The molecule has 0 saturated carbocycles. The van der Waals surface area contributed by atoms with E-state index in [0.29, 0.717) is 0 Å². The number of hydrogen-bond acceptors (Lipinski definition) is 1. The van der Waals surface area contributed by atoms with E-state index >= 15 is 0 Å². The summed E-state index contributed by atoms with van der Waals surface area (Å²) in [5.41, 5.74) is 0. The van der Waals surface area contributed by atoms with E-state index in [-0.39, 0.29) is 5.91 Å².